The summed E-state index contributed by atoms with van der Waals surface area (Å²) >= 11 is 0. The minimum atomic E-state index is -1.01. The number of hydrogen-bond donors (Lipinski definition) is 3. The Morgan fingerprint density at radius 1 is 1.14 bits per heavy atom. The van der Waals surface area contributed by atoms with Crippen LogP contribution in [0.15, 0.2) is 18.2 Å². The number of benzene rings is 1. The molecule has 158 valence electrons. The molecule has 1 aromatic rings. The second-order valence-electron chi connectivity index (χ2n) is 6.78. The maximum Gasteiger partial charge on any atom is 0.246 e. The van der Waals surface area contributed by atoms with E-state index in [0.29, 0.717) is 18.6 Å². The minimum absolute atomic E-state index is 0.0567. The van der Waals surface area contributed by atoms with Gasteiger partial charge in [0, 0.05) is 25.6 Å². The van der Waals surface area contributed by atoms with Crippen LogP contribution >= 0.6 is 0 Å². The molecule has 0 spiro atoms. The number of ether oxygens (including phenoxy) is 1. The Kier molecular flexibility index (Phi) is 10.6. The molecule has 0 heterocycles. The number of nitrogens with one attached hydrogen (secondary N) is 2. The average molecular weight is 400 g/mol. The lowest BCUT2D eigenvalue weighted by molar-refractivity contribution is -0.126. The van der Waals surface area contributed by atoms with Crippen LogP contribution in [0.1, 0.15) is 45.6 Å². The predicted molar refractivity (Wildman–Crippen MR) is 102 cm³/mol. The van der Waals surface area contributed by atoms with Gasteiger partial charge in [0.15, 0.2) is 0 Å². The van der Waals surface area contributed by atoms with E-state index in [2.05, 4.69) is 10.6 Å². The highest BCUT2D eigenvalue weighted by Gasteiger charge is 2.25. The summed E-state index contributed by atoms with van der Waals surface area (Å²) in [5.41, 5.74) is 0.322. The molecule has 0 aromatic heterocycles. The number of halogens is 2. The van der Waals surface area contributed by atoms with Gasteiger partial charge in [-0.05, 0) is 43.9 Å². The third-order valence-corrected chi connectivity index (χ3v) is 4.20. The maximum atomic E-state index is 13.4. The summed E-state index contributed by atoms with van der Waals surface area (Å²) in [5.74, 6) is -2.10. The molecule has 6 nitrogen and oxygen atoms in total. The van der Waals surface area contributed by atoms with Gasteiger partial charge in [0.05, 0.1) is 12.1 Å². The summed E-state index contributed by atoms with van der Waals surface area (Å²) < 4.78 is 32.0. The molecule has 0 saturated heterocycles. The van der Waals surface area contributed by atoms with Gasteiger partial charge in [-0.25, -0.2) is 8.78 Å². The topological polar surface area (TPSA) is 87.7 Å². The number of amides is 2. The molecule has 0 fully saturated rings. The summed E-state index contributed by atoms with van der Waals surface area (Å²) in [4.78, 5) is 23.4. The normalized spacial score (nSPS) is 14.2. The molecular formula is C20H30F2N2O4. The van der Waals surface area contributed by atoms with Crippen LogP contribution < -0.4 is 10.6 Å². The van der Waals surface area contributed by atoms with Gasteiger partial charge < -0.3 is 20.5 Å². The zero-order chi connectivity index (χ0) is 21.1. The number of aliphatic hydroxyl groups is 1. The molecule has 8 heteroatoms. The number of carbonyl (C=O) groups is 2. The van der Waals surface area contributed by atoms with Crippen molar-refractivity contribution in [2.75, 3.05) is 13.2 Å². The molecule has 3 atom stereocenters. The first-order valence-electron chi connectivity index (χ1n) is 9.52. The van der Waals surface area contributed by atoms with E-state index in [1.165, 1.54) is 6.92 Å². The van der Waals surface area contributed by atoms with Crippen LogP contribution in [0.5, 0.6) is 0 Å². The number of carbonyl (C=O) groups excluding carboxylic acids is 2. The first-order chi connectivity index (χ1) is 13.2. The highest BCUT2D eigenvalue weighted by atomic mass is 19.1. The molecular weight excluding hydrogens is 370 g/mol. The molecule has 0 saturated carbocycles. The summed E-state index contributed by atoms with van der Waals surface area (Å²) in [6, 6.07) is 2.03. The second-order valence-corrected chi connectivity index (χ2v) is 6.78. The quantitative estimate of drug-likeness (QED) is 0.501. The molecule has 0 bridgehead atoms. The molecule has 0 radical (unpaired) electrons. The molecule has 0 aliphatic rings. The average Bonchev–Trinajstić information content (AvgIpc) is 2.58. The van der Waals surface area contributed by atoms with Gasteiger partial charge in [-0.3, -0.25) is 9.59 Å². The van der Waals surface area contributed by atoms with Crippen molar-refractivity contribution in [3.8, 4) is 0 Å². The van der Waals surface area contributed by atoms with Crippen LogP contribution in [0.3, 0.4) is 0 Å². The van der Waals surface area contributed by atoms with Crippen molar-refractivity contribution in [2.45, 2.75) is 64.6 Å². The fourth-order valence-corrected chi connectivity index (χ4v) is 3.04. The maximum absolute atomic E-state index is 13.4. The van der Waals surface area contributed by atoms with Crippen molar-refractivity contribution in [1.82, 2.24) is 10.6 Å². The van der Waals surface area contributed by atoms with E-state index in [0.717, 1.165) is 24.6 Å². The Bertz CT molecular complexity index is 622. The van der Waals surface area contributed by atoms with Crippen molar-refractivity contribution in [3.63, 3.8) is 0 Å². The van der Waals surface area contributed by atoms with Crippen LogP contribution in [0, 0.1) is 11.6 Å². The molecule has 3 N–H and O–H groups in total. The Hall–Kier alpha value is -2.06. The van der Waals surface area contributed by atoms with Crippen LogP contribution in [0.4, 0.5) is 8.78 Å². The van der Waals surface area contributed by atoms with Crippen molar-refractivity contribution < 1.29 is 28.2 Å². The molecule has 2 amide bonds. The lowest BCUT2D eigenvalue weighted by atomic mass is 9.94. The van der Waals surface area contributed by atoms with Gasteiger partial charge in [-0.1, -0.05) is 13.3 Å². The first kappa shape index (κ1) is 24.0. The van der Waals surface area contributed by atoms with E-state index in [1.807, 2.05) is 6.92 Å². The predicted octanol–water partition coefficient (Wildman–Crippen LogP) is 2.08. The summed E-state index contributed by atoms with van der Waals surface area (Å²) in [5, 5.41) is 16.1. The second kappa shape index (κ2) is 12.4. The zero-order valence-corrected chi connectivity index (χ0v) is 16.6. The van der Waals surface area contributed by atoms with Crippen molar-refractivity contribution >= 4 is 11.8 Å². The van der Waals surface area contributed by atoms with Gasteiger partial charge in [-0.15, -0.1) is 0 Å². The Balaban J connectivity index is 2.83. The van der Waals surface area contributed by atoms with Gasteiger partial charge in [0.2, 0.25) is 11.8 Å². The smallest absolute Gasteiger partial charge is 0.246 e. The Morgan fingerprint density at radius 3 is 2.32 bits per heavy atom. The Morgan fingerprint density at radius 2 is 1.79 bits per heavy atom. The van der Waals surface area contributed by atoms with E-state index in [1.54, 1.807) is 6.92 Å². The molecule has 1 unspecified atom stereocenters. The van der Waals surface area contributed by atoms with Crippen LogP contribution in [0.25, 0.3) is 0 Å². The van der Waals surface area contributed by atoms with Gasteiger partial charge in [0.1, 0.15) is 18.2 Å². The van der Waals surface area contributed by atoms with E-state index in [9.17, 15) is 23.5 Å². The summed E-state index contributed by atoms with van der Waals surface area (Å²) in [7, 11) is 0. The molecule has 0 aliphatic heterocycles. The van der Waals surface area contributed by atoms with Gasteiger partial charge in [0.25, 0.3) is 0 Å². The van der Waals surface area contributed by atoms with E-state index in [-0.39, 0.29) is 37.3 Å². The number of rotatable bonds is 12. The molecule has 1 aromatic carbocycles. The van der Waals surface area contributed by atoms with Crippen LogP contribution in [0.2, 0.25) is 0 Å². The highest BCUT2D eigenvalue weighted by molar-refractivity contribution is 5.77. The van der Waals surface area contributed by atoms with Crippen molar-refractivity contribution in [1.29, 1.82) is 0 Å². The minimum Gasteiger partial charge on any atom is -0.391 e. The van der Waals surface area contributed by atoms with E-state index in [4.69, 9.17) is 4.74 Å². The SMILES string of the molecule is CCCC(C[C@H](O)[C@H](Cc1cc(F)cc(F)c1)NC(C)=O)NC(=O)COCC. The number of aliphatic hydroxyl groups excluding tert-OH is 1. The van der Waals surface area contributed by atoms with Gasteiger partial charge in [-0.2, -0.15) is 0 Å². The third kappa shape index (κ3) is 9.23. The lowest BCUT2D eigenvalue weighted by Gasteiger charge is -2.28. The summed E-state index contributed by atoms with van der Waals surface area (Å²) in [6.07, 6.45) is 0.650. The first-order valence-corrected chi connectivity index (χ1v) is 9.52. The summed E-state index contributed by atoms with van der Waals surface area (Å²) in [6.45, 7) is 5.40. The zero-order valence-electron chi connectivity index (χ0n) is 16.6. The lowest BCUT2D eigenvalue weighted by Crippen LogP contribution is -2.48. The fourth-order valence-electron chi connectivity index (χ4n) is 3.04. The van der Waals surface area contributed by atoms with Crippen molar-refractivity contribution in [2.24, 2.45) is 0 Å². The monoisotopic (exact) mass is 400 g/mol. The van der Waals surface area contributed by atoms with Crippen LogP contribution in [-0.4, -0.2) is 48.3 Å². The standard InChI is InChI=1S/C20H30F2N2O4/c1-4-6-17(24-20(27)12-28-5-2)11-19(26)18(23-13(3)25)9-14-7-15(21)10-16(22)8-14/h7-8,10,17-19,26H,4-6,9,11-12H2,1-3H3,(H,23,25)(H,24,27)/t17?,18-,19-/m0/s1. The van der Waals surface area contributed by atoms with E-state index < -0.39 is 23.8 Å². The van der Waals surface area contributed by atoms with Crippen LogP contribution in [-0.2, 0) is 20.7 Å². The molecule has 0 aliphatic carbocycles. The van der Waals surface area contributed by atoms with Crippen molar-refractivity contribution in [3.05, 3.63) is 35.4 Å². The molecule has 1 rings (SSSR count). The largest absolute Gasteiger partial charge is 0.391 e. The molecule has 28 heavy (non-hydrogen) atoms. The Labute approximate surface area is 164 Å². The third-order valence-electron chi connectivity index (χ3n) is 4.20. The van der Waals surface area contributed by atoms with E-state index >= 15 is 0 Å². The highest BCUT2D eigenvalue weighted by Crippen LogP contribution is 2.15. The number of hydrogen-bond acceptors (Lipinski definition) is 4. The van der Waals surface area contributed by atoms with Gasteiger partial charge >= 0.3 is 0 Å². The fraction of sp³-hybridized carbons (Fsp3) is 0.600.